The Labute approximate surface area is 173 Å². The number of nitrogens with zero attached hydrogens (tertiary/aromatic N) is 1. The number of carbonyl (C=O) groups excluding carboxylic acids is 2. The number of hydrogen-bond donors (Lipinski definition) is 2. The summed E-state index contributed by atoms with van der Waals surface area (Å²) in [5, 5.41) is 2.58. The molecule has 2 aromatic rings. The molecule has 2 aromatic carbocycles. The van der Waals surface area contributed by atoms with Gasteiger partial charge in [0.15, 0.2) is 6.61 Å². The number of ether oxygens (including phenoxy) is 1. The number of fused-ring (bicyclic) bond motifs is 1. The van der Waals surface area contributed by atoms with Gasteiger partial charge in [0.1, 0.15) is 11.6 Å². The van der Waals surface area contributed by atoms with Crippen molar-refractivity contribution in [2.75, 3.05) is 25.0 Å². The predicted octanol–water partition coefficient (Wildman–Crippen LogP) is 1.74. The summed E-state index contributed by atoms with van der Waals surface area (Å²) in [6.07, 6.45) is 0.814. The fourth-order valence-corrected chi connectivity index (χ4v) is 4.85. The molecule has 0 atom stereocenters. The lowest BCUT2D eigenvalue weighted by Crippen LogP contribution is -2.46. The number of anilines is 1. The van der Waals surface area contributed by atoms with Crippen LogP contribution in [0.5, 0.6) is 5.75 Å². The van der Waals surface area contributed by atoms with E-state index in [4.69, 9.17) is 4.74 Å². The van der Waals surface area contributed by atoms with Gasteiger partial charge in [0.25, 0.3) is 11.8 Å². The number of sulfonamides is 1. The number of halogens is 1. The van der Waals surface area contributed by atoms with E-state index in [0.29, 0.717) is 37.4 Å². The Morgan fingerprint density at radius 3 is 2.63 bits per heavy atom. The summed E-state index contributed by atoms with van der Waals surface area (Å²) in [5.74, 6) is -0.918. The fraction of sp³-hybridized carbons (Fsp3) is 0.300. The van der Waals surface area contributed by atoms with Gasteiger partial charge in [-0.3, -0.25) is 9.59 Å². The van der Waals surface area contributed by atoms with Gasteiger partial charge in [0.2, 0.25) is 10.0 Å². The van der Waals surface area contributed by atoms with E-state index in [0.717, 1.165) is 0 Å². The minimum atomic E-state index is -3.83. The van der Waals surface area contributed by atoms with Gasteiger partial charge >= 0.3 is 0 Å². The van der Waals surface area contributed by atoms with E-state index in [-0.39, 0.29) is 29.0 Å². The number of piperidine rings is 1. The molecule has 2 aliphatic rings. The van der Waals surface area contributed by atoms with E-state index in [1.165, 1.54) is 41.3 Å². The molecule has 0 radical (unpaired) electrons. The zero-order valence-electron chi connectivity index (χ0n) is 15.9. The second kappa shape index (κ2) is 8.04. The van der Waals surface area contributed by atoms with Crippen LogP contribution in [0.2, 0.25) is 0 Å². The first-order valence-electron chi connectivity index (χ1n) is 9.46. The molecule has 1 saturated heterocycles. The highest BCUT2D eigenvalue weighted by atomic mass is 32.2. The Kier molecular flexibility index (Phi) is 5.44. The summed E-state index contributed by atoms with van der Waals surface area (Å²) in [7, 11) is -3.83. The minimum absolute atomic E-state index is 0.00913. The van der Waals surface area contributed by atoms with Crippen LogP contribution in [-0.2, 0) is 14.8 Å². The summed E-state index contributed by atoms with van der Waals surface area (Å²) in [4.78, 5) is 25.5. The summed E-state index contributed by atoms with van der Waals surface area (Å²) in [6, 6.07) is 9.70. The molecule has 158 valence electrons. The van der Waals surface area contributed by atoms with Gasteiger partial charge in [-0.2, -0.15) is 0 Å². The highest BCUT2D eigenvalue weighted by Crippen LogP contribution is 2.30. The molecule has 2 heterocycles. The Hall–Kier alpha value is -2.98. The maximum absolute atomic E-state index is 13.9. The third kappa shape index (κ3) is 4.14. The van der Waals surface area contributed by atoms with Crippen LogP contribution in [0.4, 0.5) is 10.1 Å². The zero-order chi connectivity index (χ0) is 21.3. The molecule has 0 bridgehead atoms. The van der Waals surface area contributed by atoms with Gasteiger partial charge in [-0.15, -0.1) is 0 Å². The van der Waals surface area contributed by atoms with Crippen LogP contribution in [0, 0.1) is 5.82 Å². The molecule has 0 aromatic heterocycles. The van der Waals surface area contributed by atoms with Crippen LogP contribution in [0.15, 0.2) is 47.4 Å². The summed E-state index contributed by atoms with van der Waals surface area (Å²) in [6.45, 7) is 0.518. The van der Waals surface area contributed by atoms with E-state index in [9.17, 15) is 22.4 Å². The predicted molar refractivity (Wildman–Crippen MR) is 106 cm³/mol. The van der Waals surface area contributed by atoms with Crippen LogP contribution >= 0.6 is 0 Å². The molecule has 2 amide bonds. The average Bonchev–Trinajstić information content (AvgIpc) is 2.73. The van der Waals surface area contributed by atoms with Crippen LogP contribution in [0.1, 0.15) is 23.2 Å². The van der Waals surface area contributed by atoms with E-state index < -0.39 is 21.7 Å². The van der Waals surface area contributed by atoms with Crippen molar-refractivity contribution in [3.8, 4) is 5.75 Å². The average molecular weight is 433 g/mol. The number of nitrogens with one attached hydrogen (secondary N) is 2. The number of hydrogen-bond acceptors (Lipinski definition) is 5. The first-order valence-corrected chi connectivity index (χ1v) is 10.9. The van der Waals surface area contributed by atoms with Gasteiger partial charge < -0.3 is 15.0 Å². The van der Waals surface area contributed by atoms with Gasteiger partial charge in [-0.05, 0) is 43.2 Å². The lowest BCUT2D eigenvalue weighted by molar-refractivity contribution is -0.118. The van der Waals surface area contributed by atoms with Crippen LogP contribution in [0.3, 0.4) is 0 Å². The molecule has 0 saturated carbocycles. The molecule has 2 aliphatic heterocycles. The van der Waals surface area contributed by atoms with Crippen molar-refractivity contribution in [3.63, 3.8) is 0 Å². The highest BCUT2D eigenvalue weighted by Gasteiger charge is 2.29. The maximum Gasteiger partial charge on any atom is 0.262 e. The third-order valence-electron chi connectivity index (χ3n) is 5.10. The lowest BCUT2D eigenvalue weighted by atomic mass is 10.0. The van der Waals surface area contributed by atoms with E-state index in [2.05, 4.69) is 10.0 Å². The molecular formula is C20H20FN3O5S. The Balaban J connectivity index is 1.40. The first kappa shape index (κ1) is 20.3. The zero-order valence-corrected chi connectivity index (χ0v) is 16.7. The Morgan fingerprint density at radius 1 is 1.17 bits per heavy atom. The van der Waals surface area contributed by atoms with Gasteiger partial charge in [-0.25, -0.2) is 17.5 Å². The van der Waals surface area contributed by atoms with Crippen molar-refractivity contribution in [1.82, 2.24) is 9.62 Å². The monoisotopic (exact) mass is 433 g/mol. The van der Waals surface area contributed by atoms with Crippen LogP contribution < -0.4 is 14.8 Å². The molecule has 0 spiro atoms. The van der Waals surface area contributed by atoms with Crippen LogP contribution in [-0.4, -0.2) is 50.9 Å². The number of benzene rings is 2. The third-order valence-corrected chi connectivity index (χ3v) is 6.62. The standard InChI is InChI=1S/C20H20FN3O5S/c21-16-4-2-1-3-15(16)20(26)24-9-7-13(8-10-24)23-30(27,28)14-5-6-18-17(11-14)22-19(25)12-29-18/h1-6,11,13,23H,7-10,12H2,(H,22,25). The Morgan fingerprint density at radius 2 is 1.90 bits per heavy atom. The smallest absolute Gasteiger partial charge is 0.262 e. The van der Waals surface area contributed by atoms with Crippen molar-refractivity contribution in [3.05, 3.63) is 53.8 Å². The molecule has 10 heteroatoms. The molecule has 30 heavy (non-hydrogen) atoms. The quantitative estimate of drug-likeness (QED) is 0.764. The molecule has 1 fully saturated rings. The second-order valence-corrected chi connectivity index (χ2v) is 8.88. The Bertz CT molecular complexity index is 1100. The molecule has 4 rings (SSSR count). The van der Waals surface area contributed by atoms with Crippen molar-refractivity contribution >= 4 is 27.5 Å². The molecule has 0 aliphatic carbocycles. The van der Waals surface area contributed by atoms with E-state index in [1.54, 1.807) is 6.07 Å². The normalized spacial score (nSPS) is 17.1. The molecule has 8 nitrogen and oxygen atoms in total. The van der Waals surface area contributed by atoms with Crippen molar-refractivity contribution < 1.29 is 27.1 Å². The number of amides is 2. The van der Waals surface area contributed by atoms with Crippen molar-refractivity contribution in [2.24, 2.45) is 0 Å². The molecule has 2 N–H and O–H groups in total. The molecular weight excluding hydrogens is 413 g/mol. The SMILES string of the molecule is O=C1COc2ccc(S(=O)(=O)NC3CCN(C(=O)c4ccccc4F)CC3)cc2N1. The van der Waals surface area contributed by atoms with Crippen LogP contribution in [0.25, 0.3) is 0 Å². The van der Waals surface area contributed by atoms with Gasteiger partial charge in [0, 0.05) is 19.1 Å². The molecule has 0 unspecified atom stereocenters. The largest absolute Gasteiger partial charge is 0.482 e. The van der Waals surface area contributed by atoms with E-state index in [1.807, 2.05) is 0 Å². The first-order chi connectivity index (χ1) is 14.3. The minimum Gasteiger partial charge on any atom is -0.482 e. The van der Waals surface area contributed by atoms with Crippen molar-refractivity contribution in [1.29, 1.82) is 0 Å². The summed E-state index contributed by atoms with van der Waals surface area (Å²) >= 11 is 0. The fourth-order valence-electron chi connectivity index (χ4n) is 3.52. The second-order valence-electron chi connectivity index (χ2n) is 7.16. The number of likely N-dealkylation sites (tertiary alicyclic amines) is 1. The lowest BCUT2D eigenvalue weighted by Gasteiger charge is -2.32. The summed E-state index contributed by atoms with van der Waals surface area (Å²) < 4.78 is 47.2. The highest BCUT2D eigenvalue weighted by molar-refractivity contribution is 7.89. The van der Waals surface area contributed by atoms with Gasteiger partial charge in [-0.1, -0.05) is 12.1 Å². The summed E-state index contributed by atoms with van der Waals surface area (Å²) in [5.41, 5.74) is 0.314. The number of carbonyl (C=O) groups is 2. The van der Waals surface area contributed by atoms with Gasteiger partial charge in [0.05, 0.1) is 16.1 Å². The maximum atomic E-state index is 13.9. The topological polar surface area (TPSA) is 105 Å². The number of rotatable bonds is 4. The van der Waals surface area contributed by atoms with Crippen molar-refractivity contribution in [2.45, 2.75) is 23.8 Å². The van der Waals surface area contributed by atoms with E-state index >= 15 is 0 Å².